The molecule has 3 rings (SSSR count). The Kier molecular flexibility index (Phi) is 3.56. The predicted molar refractivity (Wildman–Crippen MR) is 80.9 cm³/mol. The van der Waals surface area contributed by atoms with E-state index in [1.54, 1.807) is 11.3 Å². The number of thiophene rings is 1. The van der Waals surface area contributed by atoms with Gasteiger partial charge < -0.3 is 10.6 Å². The van der Waals surface area contributed by atoms with Crippen LogP contribution in [0.25, 0.3) is 10.2 Å². The van der Waals surface area contributed by atoms with Crippen molar-refractivity contribution in [3.63, 3.8) is 0 Å². The maximum atomic E-state index is 4.55. The topological polar surface area (TPSA) is 49.8 Å². The second-order valence-electron chi connectivity index (χ2n) is 4.34. The number of fused-ring (bicyclic) bond motifs is 1. The van der Waals surface area contributed by atoms with E-state index in [2.05, 4.69) is 32.0 Å². The van der Waals surface area contributed by atoms with E-state index in [1.807, 2.05) is 18.8 Å². The smallest absolute Gasteiger partial charge is 0.225 e. The van der Waals surface area contributed by atoms with Gasteiger partial charge in [-0.05, 0) is 30.0 Å². The van der Waals surface area contributed by atoms with Gasteiger partial charge in [-0.3, -0.25) is 0 Å². The normalized spacial score (nSPS) is 19.9. The maximum Gasteiger partial charge on any atom is 0.225 e. The first-order valence-corrected chi connectivity index (χ1v) is 8.17. The molecule has 0 radical (unpaired) electrons. The summed E-state index contributed by atoms with van der Waals surface area (Å²) < 4.78 is 0. The van der Waals surface area contributed by atoms with Crippen LogP contribution in [0.3, 0.4) is 0 Å². The number of nitrogens with one attached hydrogen (secondary N) is 2. The SMILES string of the molecule is CNc1nc(NC2CCCSC2)c2ccsc2n1. The first-order valence-electron chi connectivity index (χ1n) is 6.14. The zero-order valence-corrected chi connectivity index (χ0v) is 11.9. The summed E-state index contributed by atoms with van der Waals surface area (Å²) in [6.07, 6.45) is 2.52. The third-order valence-corrected chi connectivity index (χ3v) is 5.07. The Hall–Kier alpha value is -1.01. The Morgan fingerprint density at radius 3 is 3.11 bits per heavy atom. The van der Waals surface area contributed by atoms with Gasteiger partial charge in [-0.2, -0.15) is 16.7 Å². The first-order chi connectivity index (χ1) is 8.86. The minimum atomic E-state index is 0.534. The Labute approximate surface area is 115 Å². The Bertz CT molecular complexity index is 534. The van der Waals surface area contributed by atoms with Crippen LogP contribution >= 0.6 is 23.1 Å². The number of thioether (sulfide) groups is 1. The molecule has 96 valence electrons. The molecule has 2 N–H and O–H groups in total. The van der Waals surface area contributed by atoms with Gasteiger partial charge in [0.1, 0.15) is 10.6 Å². The summed E-state index contributed by atoms with van der Waals surface area (Å²) in [5, 5.41) is 9.81. The van der Waals surface area contributed by atoms with E-state index in [0.717, 1.165) is 16.0 Å². The van der Waals surface area contributed by atoms with Crippen LogP contribution in [0.1, 0.15) is 12.8 Å². The molecule has 1 aliphatic rings. The van der Waals surface area contributed by atoms with E-state index in [0.29, 0.717) is 12.0 Å². The zero-order valence-electron chi connectivity index (χ0n) is 10.3. The highest BCUT2D eigenvalue weighted by molar-refractivity contribution is 7.99. The number of nitrogens with zero attached hydrogens (tertiary/aromatic N) is 2. The number of hydrogen-bond donors (Lipinski definition) is 2. The van der Waals surface area contributed by atoms with Crippen LogP contribution in [0, 0.1) is 0 Å². The van der Waals surface area contributed by atoms with Gasteiger partial charge in [0.05, 0.1) is 5.39 Å². The van der Waals surface area contributed by atoms with E-state index in [9.17, 15) is 0 Å². The molecule has 18 heavy (non-hydrogen) atoms. The van der Waals surface area contributed by atoms with Crippen molar-refractivity contribution in [3.05, 3.63) is 11.4 Å². The fourth-order valence-corrected chi connectivity index (χ4v) is 3.96. The maximum absolute atomic E-state index is 4.55. The largest absolute Gasteiger partial charge is 0.366 e. The third-order valence-electron chi connectivity index (χ3n) is 3.05. The third kappa shape index (κ3) is 2.40. The van der Waals surface area contributed by atoms with Gasteiger partial charge in [0, 0.05) is 18.8 Å². The minimum absolute atomic E-state index is 0.534. The number of aromatic nitrogens is 2. The molecule has 0 bridgehead atoms. The fourth-order valence-electron chi connectivity index (χ4n) is 2.13. The highest BCUT2D eigenvalue weighted by atomic mass is 32.2. The van der Waals surface area contributed by atoms with Crippen LogP contribution in [0.5, 0.6) is 0 Å². The highest BCUT2D eigenvalue weighted by Crippen LogP contribution is 2.28. The van der Waals surface area contributed by atoms with E-state index in [-0.39, 0.29) is 0 Å². The number of rotatable bonds is 3. The summed E-state index contributed by atoms with van der Waals surface area (Å²) in [6.45, 7) is 0. The van der Waals surface area contributed by atoms with Crippen molar-refractivity contribution in [2.24, 2.45) is 0 Å². The Morgan fingerprint density at radius 2 is 2.33 bits per heavy atom. The molecule has 1 aliphatic heterocycles. The van der Waals surface area contributed by atoms with Gasteiger partial charge in [0.2, 0.25) is 5.95 Å². The quantitative estimate of drug-likeness (QED) is 0.905. The second-order valence-corrected chi connectivity index (χ2v) is 6.39. The van der Waals surface area contributed by atoms with Crippen molar-refractivity contribution in [3.8, 4) is 0 Å². The highest BCUT2D eigenvalue weighted by Gasteiger charge is 2.16. The molecule has 1 fully saturated rings. The number of anilines is 2. The summed E-state index contributed by atoms with van der Waals surface area (Å²) in [6, 6.07) is 2.63. The molecule has 0 spiro atoms. The molecule has 1 saturated heterocycles. The lowest BCUT2D eigenvalue weighted by Gasteiger charge is -2.23. The standard InChI is InChI=1S/C12H16N4S2/c1-13-12-15-10(9-4-6-18-11(9)16-12)14-8-3-2-5-17-7-8/h4,6,8H,2-3,5,7H2,1H3,(H2,13,14,15,16). The first kappa shape index (κ1) is 12.0. The fraction of sp³-hybridized carbons (Fsp3) is 0.500. The van der Waals surface area contributed by atoms with Crippen LogP contribution in [0.2, 0.25) is 0 Å². The van der Waals surface area contributed by atoms with Crippen LogP contribution < -0.4 is 10.6 Å². The van der Waals surface area contributed by atoms with E-state index in [1.165, 1.54) is 24.3 Å². The molecule has 2 aromatic rings. The molecule has 6 heteroatoms. The van der Waals surface area contributed by atoms with Crippen molar-refractivity contribution in [2.75, 3.05) is 29.2 Å². The van der Waals surface area contributed by atoms with Gasteiger partial charge in [-0.1, -0.05) is 0 Å². The molecule has 0 amide bonds. The van der Waals surface area contributed by atoms with Gasteiger partial charge in [-0.15, -0.1) is 11.3 Å². The molecule has 3 heterocycles. The summed E-state index contributed by atoms with van der Waals surface area (Å²) in [7, 11) is 1.86. The summed E-state index contributed by atoms with van der Waals surface area (Å²) >= 11 is 3.68. The lowest BCUT2D eigenvalue weighted by atomic mass is 10.2. The second kappa shape index (κ2) is 5.32. The lowest BCUT2D eigenvalue weighted by Crippen LogP contribution is -2.26. The Morgan fingerprint density at radius 1 is 1.39 bits per heavy atom. The molecule has 0 saturated carbocycles. The lowest BCUT2D eigenvalue weighted by molar-refractivity contribution is 0.683. The molecular formula is C12H16N4S2. The van der Waals surface area contributed by atoms with Crippen LogP contribution in [-0.4, -0.2) is 34.6 Å². The van der Waals surface area contributed by atoms with Crippen molar-refractivity contribution in [2.45, 2.75) is 18.9 Å². The van der Waals surface area contributed by atoms with Gasteiger partial charge in [0.15, 0.2) is 0 Å². The van der Waals surface area contributed by atoms with E-state index >= 15 is 0 Å². The molecule has 1 unspecified atom stereocenters. The Balaban J connectivity index is 1.91. The molecular weight excluding hydrogens is 264 g/mol. The van der Waals surface area contributed by atoms with E-state index < -0.39 is 0 Å². The van der Waals surface area contributed by atoms with Crippen molar-refractivity contribution in [1.29, 1.82) is 0 Å². The summed E-state index contributed by atoms with van der Waals surface area (Å²) in [5.74, 6) is 4.12. The van der Waals surface area contributed by atoms with Crippen LogP contribution in [0.15, 0.2) is 11.4 Å². The van der Waals surface area contributed by atoms with Crippen LogP contribution in [0.4, 0.5) is 11.8 Å². The monoisotopic (exact) mass is 280 g/mol. The van der Waals surface area contributed by atoms with E-state index in [4.69, 9.17) is 0 Å². The summed E-state index contributed by atoms with van der Waals surface area (Å²) in [4.78, 5) is 10.1. The number of hydrogen-bond acceptors (Lipinski definition) is 6. The minimum Gasteiger partial charge on any atom is -0.366 e. The molecule has 1 atom stereocenters. The average molecular weight is 280 g/mol. The van der Waals surface area contributed by atoms with Gasteiger partial charge in [0.25, 0.3) is 0 Å². The summed E-state index contributed by atoms with van der Waals surface area (Å²) in [5.41, 5.74) is 0. The van der Waals surface area contributed by atoms with Gasteiger partial charge >= 0.3 is 0 Å². The van der Waals surface area contributed by atoms with Gasteiger partial charge in [-0.25, -0.2) is 4.98 Å². The van der Waals surface area contributed by atoms with Crippen molar-refractivity contribution >= 4 is 45.1 Å². The van der Waals surface area contributed by atoms with Crippen molar-refractivity contribution in [1.82, 2.24) is 9.97 Å². The zero-order chi connectivity index (χ0) is 12.4. The average Bonchev–Trinajstić information content (AvgIpc) is 2.88. The molecule has 4 nitrogen and oxygen atoms in total. The predicted octanol–water partition coefficient (Wildman–Crippen LogP) is 3.04. The molecule has 0 aromatic carbocycles. The van der Waals surface area contributed by atoms with Crippen molar-refractivity contribution < 1.29 is 0 Å². The van der Waals surface area contributed by atoms with Crippen LogP contribution in [-0.2, 0) is 0 Å². The molecule has 0 aliphatic carbocycles. The molecule has 2 aromatic heterocycles.